The highest BCUT2D eigenvalue weighted by atomic mass is 127. The van der Waals surface area contributed by atoms with Crippen molar-refractivity contribution in [3.05, 3.63) is 60.7 Å². The molecule has 1 atom stereocenters. The van der Waals surface area contributed by atoms with Gasteiger partial charge in [0, 0.05) is 24.0 Å². The Morgan fingerprint density at radius 2 is 1.91 bits per heavy atom. The predicted molar refractivity (Wildman–Crippen MR) is 82.3 cm³/mol. The second kappa shape index (κ2) is 5.51. The van der Waals surface area contributed by atoms with Crippen LogP contribution >= 0.6 is 0 Å². The summed E-state index contributed by atoms with van der Waals surface area (Å²) in [6.45, 7) is 3.84. The number of carbonyl (C=O) groups excluding carboxylic acids is 1. The van der Waals surface area contributed by atoms with E-state index in [9.17, 15) is 4.79 Å². The van der Waals surface area contributed by atoms with Crippen LogP contribution < -0.4 is 25.9 Å². The van der Waals surface area contributed by atoms with Gasteiger partial charge in [0.25, 0.3) is 0 Å². The van der Waals surface area contributed by atoms with Crippen LogP contribution in [0.4, 0.5) is 0 Å². The summed E-state index contributed by atoms with van der Waals surface area (Å²) in [5, 5.41) is 0. The number of carbonyl (C=O) groups is 1. The number of ether oxygens (including phenoxy) is 2. The largest absolute Gasteiger partial charge is 0.479 e. The minimum absolute atomic E-state index is 0.126. The molecule has 2 aliphatic heterocycles. The van der Waals surface area contributed by atoms with Crippen molar-refractivity contribution in [2.75, 3.05) is 0 Å². The molecule has 0 N–H and O–H groups in total. The van der Waals surface area contributed by atoms with Crippen LogP contribution in [0.15, 0.2) is 42.5 Å². The zero-order chi connectivity index (χ0) is 16.0. The molecular weight excluding hydrogens is 403 g/mol. The van der Waals surface area contributed by atoms with Crippen LogP contribution in [-0.4, -0.2) is 17.7 Å². The molecule has 23 heavy (non-hydrogen) atoms. The number of cyclic esters (lactones) is 1. The average molecular weight is 421 g/mol. The number of hydrogen-bond acceptors (Lipinski definition) is 3. The van der Waals surface area contributed by atoms with Crippen LogP contribution in [0.25, 0.3) is 0 Å². The van der Waals surface area contributed by atoms with Crippen molar-refractivity contribution in [1.29, 1.82) is 0 Å². The molecule has 0 aromatic heterocycles. The molecule has 0 saturated carbocycles. The van der Waals surface area contributed by atoms with Gasteiger partial charge >= 0.3 is 27.2 Å². The van der Waals surface area contributed by atoms with Gasteiger partial charge in [-0.25, -0.2) is 4.79 Å². The van der Waals surface area contributed by atoms with E-state index in [1.54, 1.807) is 0 Å². The summed E-state index contributed by atoms with van der Waals surface area (Å²) >= 11 is -0.126. The van der Waals surface area contributed by atoms with Gasteiger partial charge in [0.15, 0.2) is 13.2 Å². The lowest BCUT2D eigenvalue weighted by molar-refractivity contribution is -0.601. The topological polar surface area (TPSA) is 35.5 Å². The summed E-state index contributed by atoms with van der Waals surface area (Å²) in [6.07, 6.45) is 1.05. The lowest BCUT2D eigenvalue weighted by Crippen LogP contribution is -3.62. The average Bonchev–Trinajstić information content (AvgIpc) is 2.77. The fourth-order valence-electron chi connectivity index (χ4n) is 3.06. The third-order valence-corrected chi connectivity index (χ3v) is 7.42. The highest BCUT2D eigenvalue weighted by Crippen LogP contribution is 2.29. The van der Waals surface area contributed by atoms with E-state index >= 15 is 0 Å². The van der Waals surface area contributed by atoms with Gasteiger partial charge in [-0.2, -0.15) is 0 Å². The fraction of sp³-hybridized carbons (Fsp3) is 0.316. The molecule has 3 nitrogen and oxygen atoms in total. The Hall–Kier alpha value is -1.56. The summed E-state index contributed by atoms with van der Waals surface area (Å²) in [4.78, 5) is 11.9. The first-order chi connectivity index (χ1) is 11.0. The molecule has 0 amide bonds. The summed E-state index contributed by atoms with van der Waals surface area (Å²) < 4.78 is 14.2. The van der Waals surface area contributed by atoms with E-state index < -0.39 is 11.7 Å². The highest BCUT2D eigenvalue weighted by molar-refractivity contribution is 5.77. The van der Waals surface area contributed by atoms with E-state index in [1.165, 1.54) is 18.3 Å². The van der Waals surface area contributed by atoms with Crippen LogP contribution in [0.5, 0.6) is 5.75 Å². The Kier molecular flexibility index (Phi) is 3.59. The van der Waals surface area contributed by atoms with Crippen molar-refractivity contribution >= 4 is 5.97 Å². The summed E-state index contributed by atoms with van der Waals surface area (Å²) in [6, 6.07) is 14.9. The van der Waals surface area contributed by atoms with Gasteiger partial charge in [0.2, 0.25) is 0 Å². The van der Waals surface area contributed by atoms with Gasteiger partial charge in [-0.05, 0) is 38.1 Å². The first-order valence-electron chi connectivity index (χ1n) is 7.75. The van der Waals surface area contributed by atoms with Crippen molar-refractivity contribution in [1.82, 2.24) is 0 Å². The minimum Gasteiger partial charge on any atom is -0.479 e. The normalized spacial score (nSPS) is 21.3. The Balaban J connectivity index is 1.56. The molecule has 1 unspecified atom stereocenters. The highest BCUT2D eigenvalue weighted by Gasteiger charge is 2.42. The van der Waals surface area contributed by atoms with Gasteiger partial charge in [0.05, 0.1) is 0 Å². The molecule has 2 aromatic rings. The molecule has 118 valence electrons. The van der Waals surface area contributed by atoms with Crippen LogP contribution in [0.1, 0.15) is 31.4 Å². The van der Waals surface area contributed by atoms with E-state index in [-0.39, 0.29) is 27.2 Å². The van der Waals surface area contributed by atoms with Crippen molar-refractivity contribution in [2.45, 2.75) is 38.4 Å². The number of rotatable bonds is 2. The van der Waals surface area contributed by atoms with E-state index in [2.05, 4.69) is 36.4 Å². The second-order valence-corrected chi connectivity index (χ2v) is 9.47. The SMILES string of the molecule is CC1(C)CC(Oc2ccc3c(c2)Cc2ccccc2[I+]3)C(=O)O1. The van der Waals surface area contributed by atoms with E-state index in [1.807, 2.05) is 19.9 Å². The molecular formula is C19H18IO3+. The molecule has 0 spiro atoms. The molecule has 4 heteroatoms. The first kappa shape index (κ1) is 15.0. The van der Waals surface area contributed by atoms with Gasteiger partial charge in [-0.15, -0.1) is 0 Å². The molecule has 2 heterocycles. The standard InChI is InChI=1S/C19H18IO3/c1-19(2)11-17(18(21)23-19)22-14-7-8-16-13(10-14)9-12-5-3-4-6-15(12)20-16/h3-8,10,17H,9,11H2,1-2H3/q+1. The molecule has 1 saturated heterocycles. The number of esters is 1. The van der Waals surface area contributed by atoms with Gasteiger partial charge in [-0.3, -0.25) is 0 Å². The zero-order valence-corrected chi connectivity index (χ0v) is 15.3. The number of halogens is 1. The van der Waals surface area contributed by atoms with Crippen molar-refractivity contribution in [2.24, 2.45) is 0 Å². The van der Waals surface area contributed by atoms with Crippen molar-refractivity contribution in [3.8, 4) is 5.75 Å². The Morgan fingerprint density at radius 1 is 1.13 bits per heavy atom. The maximum atomic E-state index is 11.9. The Labute approximate surface area is 146 Å². The zero-order valence-electron chi connectivity index (χ0n) is 13.1. The third-order valence-electron chi connectivity index (χ3n) is 4.15. The number of hydrogen-bond donors (Lipinski definition) is 0. The molecule has 0 radical (unpaired) electrons. The van der Waals surface area contributed by atoms with Gasteiger partial charge in [-0.1, -0.05) is 18.2 Å². The third kappa shape index (κ3) is 2.96. The van der Waals surface area contributed by atoms with Crippen molar-refractivity contribution in [3.63, 3.8) is 0 Å². The minimum atomic E-state index is -0.492. The molecule has 0 aliphatic carbocycles. The fourth-order valence-corrected chi connectivity index (χ4v) is 5.85. The lowest BCUT2D eigenvalue weighted by Gasteiger charge is -2.15. The predicted octanol–water partition coefficient (Wildman–Crippen LogP) is 0.192. The summed E-state index contributed by atoms with van der Waals surface area (Å²) in [5.74, 6) is 0.511. The molecule has 1 fully saturated rings. The monoisotopic (exact) mass is 421 g/mol. The van der Waals surface area contributed by atoms with Gasteiger partial charge < -0.3 is 9.47 Å². The van der Waals surface area contributed by atoms with Crippen molar-refractivity contribution < 1.29 is 35.5 Å². The number of benzene rings is 2. The maximum Gasteiger partial charge on any atom is 0.358 e. The van der Waals surface area contributed by atoms with E-state index in [0.717, 1.165) is 12.2 Å². The quantitative estimate of drug-likeness (QED) is 0.438. The lowest BCUT2D eigenvalue weighted by atomic mass is 10.0. The molecule has 0 bridgehead atoms. The summed E-state index contributed by atoms with van der Waals surface area (Å²) in [7, 11) is 0. The van der Waals surface area contributed by atoms with Gasteiger partial charge in [0.1, 0.15) is 11.4 Å². The maximum absolute atomic E-state index is 11.9. The number of fused-ring (bicyclic) bond motifs is 2. The van der Waals surface area contributed by atoms with Crippen LogP contribution in [0, 0.1) is 7.14 Å². The first-order valence-corrected chi connectivity index (χ1v) is 9.91. The van der Waals surface area contributed by atoms with Crippen LogP contribution in [0.2, 0.25) is 0 Å². The van der Waals surface area contributed by atoms with Crippen LogP contribution in [0.3, 0.4) is 0 Å². The Bertz CT molecular complexity index is 782. The van der Waals surface area contributed by atoms with Crippen LogP contribution in [-0.2, 0) is 16.0 Å². The van der Waals surface area contributed by atoms with E-state index in [0.29, 0.717) is 6.42 Å². The molecule has 2 aliphatic rings. The second-order valence-electron chi connectivity index (χ2n) is 6.61. The Morgan fingerprint density at radius 3 is 2.70 bits per heavy atom. The molecule has 4 rings (SSSR count). The smallest absolute Gasteiger partial charge is 0.358 e. The summed E-state index contributed by atoms with van der Waals surface area (Å²) in [5.41, 5.74) is 2.33. The molecule has 2 aromatic carbocycles. The van der Waals surface area contributed by atoms with E-state index in [4.69, 9.17) is 9.47 Å².